The van der Waals surface area contributed by atoms with Crippen LogP contribution in [0.4, 0.5) is 5.88 Å². The minimum absolute atomic E-state index is 0.104. The van der Waals surface area contributed by atoms with Gasteiger partial charge in [-0.3, -0.25) is 9.36 Å². The minimum Gasteiger partial charge on any atom is -0.463 e. The third-order valence-electron chi connectivity index (χ3n) is 7.29. The standard InChI is InChI=1S/C31H27N3O7S/c1-2-38-30(36)26-27(19-6-4-3-5-7-19)32-31-34(28(26)20-8-10-22-23(16-20)40-18-39-22)29(35)24(42-31)17-21-9-11-25(41-21)33-12-14-37-15-13-33/h3-11,16-17,28H,2,12-15,18H2,1H3/b24-17-/t28-/m0/s1. The normalized spacial score (nSPS) is 18.2. The van der Waals surface area contributed by atoms with Crippen LogP contribution in [0.5, 0.6) is 11.5 Å². The number of aromatic nitrogens is 1. The van der Waals surface area contributed by atoms with Gasteiger partial charge in [-0.25, -0.2) is 9.79 Å². The summed E-state index contributed by atoms with van der Waals surface area (Å²) in [5.74, 6) is 1.88. The number of morpholine rings is 1. The maximum absolute atomic E-state index is 14.1. The number of hydrogen-bond donors (Lipinski definition) is 0. The summed E-state index contributed by atoms with van der Waals surface area (Å²) in [7, 11) is 0. The molecule has 0 saturated carbocycles. The quantitative estimate of drug-likeness (QED) is 0.318. The molecule has 1 atom stereocenters. The summed E-state index contributed by atoms with van der Waals surface area (Å²) in [6, 6.07) is 17.8. The Morgan fingerprint density at radius 3 is 2.69 bits per heavy atom. The van der Waals surface area contributed by atoms with Gasteiger partial charge in [-0.05, 0) is 30.7 Å². The van der Waals surface area contributed by atoms with Crippen LogP contribution in [0, 0.1) is 0 Å². The number of ether oxygens (including phenoxy) is 4. The molecule has 3 aliphatic heterocycles. The van der Waals surface area contributed by atoms with Crippen LogP contribution in [0.1, 0.15) is 29.9 Å². The lowest BCUT2D eigenvalue weighted by Crippen LogP contribution is -2.40. The van der Waals surface area contributed by atoms with Crippen LogP contribution in [-0.4, -0.2) is 50.2 Å². The molecule has 11 heteroatoms. The molecular weight excluding hydrogens is 558 g/mol. The van der Waals surface area contributed by atoms with Crippen molar-refractivity contribution >= 4 is 35.0 Å². The highest BCUT2D eigenvalue weighted by molar-refractivity contribution is 7.07. The van der Waals surface area contributed by atoms with Crippen molar-refractivity contribution in [3.8, 4) is 11.5 Å². The van der Waals surface area contributed by atoms with Gasteiger partial charge in [0.1, 0.15) is 5.76 Å². The first-order valence-corrected chi connectivity index (χ1v) is 14.5. The molecule has 0 aliphatic carbocycles. The second-order valence-electron chi connectivity index (χ2n) is 9.82. The summed E-state index contributed by atoms with van der Waals surface area (Å²) in [6.45, 7) is 4.79. The first kappa shape index (κ1) is 26.3. The van der Waals surface area contributed by atoms with Crippen LogP contribution >= 0.6 is 11.3 Å². The lowest BCUT2D eigenvalue weighted by Gasteiger charge is -2.26. The Kier molecular flexibility index (Phi) is 6.88. The summed E-state index contributed by atoms with van der Waals surface area (Å²) in [5.41, 5.74) is 1.85. The number of carbonyl (C=O) groups is 1. The van der Waals surface area contributed by atoms with Crippen LogP contribution in [0.25, 0.3) is 11.8 Å². The van der Waals surface area contributed by atoms with Gasteiger partial charge < -0.3 is 28.3 Å². The Balaban J connectivity index is 1.42. The third kappa shape index (κ3) is 4.70. The van der Waals surface area contributed by atoms with E-state index in [1.165, 1.54) is 11.3 Å². The third-order valence-corrected chi connectivity index (χ3v) is 8.28. The van der Waals surface area contributed by atoms with E-state index < -0.39 is 12.0 Å². The molecule has 5 heterocycles. The van der Waals surface area contributed by atoms with Crippen LogP contribution in [0.2, 0.25) is 0 Å². The molecule has 0 bridgehead atoms. The average Bonchev–Trinajstić information content (AvgIpc) is 3.76. The Morgan fingerprint density at radius 2 is 1.88 bits per heavy atom. The van der Waals surface area contributed by atoms with Gasteiger partial charge in [-0.1, -0.05) is 47.7 Å². The topological polar surface area (TPSA) is 105 Å². The average molecular weight is 586 g/mol. The monoisotopic (exact) mass is 585 g/mol. The smallest absolute Gasteiger partial charge is 0.338 e. The van der Waals surface area contributed by atoms with Crippen molar-refractivity contribution < 1.29 is 28.2 Å². The van der Waals surface area contributed by atoms with Gasteiger partial charge in [0.2, 0.25) is 6.79 Å². The number of furan rings is 1. The molecule has 2 aromatic carbocycles. The predicted molar refractivity (Wildman–Crippen MR) is 155 cm³/mol. The van der Waals surface area contributed by atoms with E-state index >= 15 is 0 Å². The van der Waals surface area contributed by atoms with Crippen LogP contribution in [-0.2, 0) is 14.3 Å². The fourth-order valence-electron chi connectivity index (χ4n) is 5.34. The van der Waals surface area contributed by atoms with E-state index in [9.17, 15) is 9.59 Å². The zero-order chi connectivity index (χ0) is 28.6. The Morgan fingerprint density at radius 1 is 1.07 bits per heavy atom. The van der Waals surface area contributed by atoms with Gasteiger partial charge in [-0.15, -0.1) is 0 Å². The molecule has 0 radical (unpaired) electrons. The molecular formula is C31H27N3O7S. The number of rotatable bonds is 6. The molecule has 3 aliphatic rings. The number of benzene rings is 2. The zero-order valence-corrected chi connectivity index (χ0v) is 23.6. The van der Waals surface area contributed by atoms with E-state index in [4.69, 9.17) is 28.4 Å². The molecule has 0 amide bonds. The van der Waals surface area contributed by atoms with Gasteiger partial charge in [0.05, 0.1) is 41.7 Å². The van der Waals surface area contributed by atoms with E-state index in [1.54, 1.807) is 29.7 Å². The number of thiazole rings is 1. The number of carbonyl (C=O) groups excluding carboxylic acids is 1. The fourth-order valence-corrected chi connectivity index (χ4v) is 6.32. The molecule has 10 nitrogen and oxygen atoms in total. The van der Waals surface area contributed by atoms with E-state index in [2.05, 4.69) is 4.90 Å². The predicted octanol–water partition coefficient (Wildman–Crippen LogP) is 3.09. The van der Waals surface area contributed by atoms with Crippen molar-refractivity contribution in [3.05, 3.63) is 103 Å². The second kappa shape index (κ2) is 11.0. The number of hydrogen-bond acceptors (Lipinski definition) is 10. The maximum Gasteiger partial charge on any atom is 0.338 e. The lowest BCUT2D eigenvalue weighted by molar-refractivity contribution is -0.138. The number of nitrogens with zero attached hydrogens (tertiary/aromatic N) is 3. The highest BCUT2D eigenvalue weighted by atomic mass is 32.1. The first-order chi connectivity index (χ1) is 20.6. The molecule has 42 heavy (non-hydrogen) atoms. The zero-order valence-electron chi connectivity index (χ0n) is 22.8. The maximum atomic E-state index is 14.1. The van der Waals surface area contributed by atoms with Gasteiger partial charge >= 0.3 is 5.97 Å². The van der Waals surface area contributed by atoms with Crippen molar-refractivity contribution in [3.63, 3.8) is 0 Å². The largest absolute Gasteiger partial charge is 0.463 e. The van der Waals surface area contributed by atoms with Crippen molar-refractivity contribution in [1.82, 2.24) is 4.57 Å². The number of anilines is 1. The van der Waals surface area contributed by atoms with E-state index in [0.29, 0.717) is 51.1 Å². The van der Waals surface area contributed by atoms with E-state index in [1.807, 2.05) is 48.5 Å². The van der Waals surface area contributed by atoms with Gasteiger partial charge in [-0.2, -0.15) is 0 Å². The highest BCUT2D eigenvalue weighted by Crippen LogP contribution is 2.40. The second-order valence-corrected chi connectivity index (χ2v) is 10.8. The fraction of sp³-hybridized carbons (Fsp3) is 0.258. The molecule has 0 spiro atoms. The van der Waals surface area contributed by atoms with Crippen LogP contribution in [0.15, 0.2) is 80.4 Å². The highest BCUT2D eigenvalue weighted by Gasteiger charge is 2.36. The molecule has 1 saturated heterocycles. The Labute approximate surface area is 244 Å². The number of fused-ring (bicyclic) bond motifs is 2. The SMILES string of the molecule is CCOC(=O)C1=C(c2ccccc2)N=c2s/c(=C\c3ccc(N4CCOCC4)o3)c(=O)n2[C@H]1c1ccc2c(c1)OCO2. The van der Waals surface area contributed by atoms with Crippen molar-refractivity contribution in [2.24, 2.45) is 4.99 Å². The molecule has 0 unspecified atom stereocenters. The molecule has 214 valence electrons. The van der Waals surface area contributed by atoms with Crippen LogP contribution in [0.3, 0.4) is 0 Å². The molecule has 2 aromatic heterocycles. The van der Waals surface area contributed by atoms with Crippen molar-refractivity contribution in [2.75, 3.05) is 44.6 Å². The minimum atomic E-state index is -0.812. The van der Waals surface area contributed by atoms with Crippen molar-refractivity contribution in [1.29, 1.82) is 0 Å². The Bertz CT molecular complexity index is 1870. The summed E-state index contributed by atoms with van der Waals surface area (Å²) < 4.78 is 30.2. The van der Waals surface area contributed by atoms with Crippen LogP contribution < -0.4 is 29.3 Å². The molecule has 0 N–H and O–H groups in total. The van der Waals surface area contributed by atoms with E-state index in [-0.39, 0.29) is 24.5 Å². The van der Waals surface area contributed by atoms with Gasteiger partial charge in [0.25, 0.3) is 5.56 Å². The van der Waals surface area contributed by atoms with Gasteiger partial charge in [0.15, 0.2) is 22.2 Å². The summed E-state index contributed by atoms with van der Waals surface area (Å²) in [6.07, 6.45) is 1.72. The molecule has 4 aromatic rings. The summed E-state index contributed by atoms with van der Waals surface area (Å²) >= 11 is 1.24. The molecule has 7 rings (SSSR count). The summed E-state index contributed by atoms with van der Waals surface area (Å²) in [4.78, 5) is 35.2. The summed E-state index contributed by atoms with van der Waals surface area (Å²) in [5, 5.41) is 0. The molecule has 1 fully saturated rings. The number of esters is 1. The van der Waals surface area contributed by atoms with Crippen molar-refractivity contribution in [2.45, 2.75) is 13.0 Å². The Hall–Kier alpha value is -4.61. The lowest BCUT2D eigenvalue weighted by atomic mass is 9.93. The first-order valence-electron chi connectivity index (χ1n) is 13.7. The van der Waals surface area contributed by atoms with Gasteiger partial charge in [0, 0.05) is 30.8 Å². The van der Waals surface area contributed by atoms with E-state index in [0.717, 1.165) is 24.5 Å².